The number of likely N-dealkylation sites (tertiary alicyclic amines) is 1. The maximum Gasteiger partial charge on any atom is 0.253 e. The van der Waals surface area contributed by atoms with E-state index in [9.17, 15) is 4.79 Å². The van der Waals surface area contributed by atoms with Crippen molar-refractivity contribution < 1.29 is 9.53 Å². The topological polar surface area (TPSA) is 37.7 Å². The number of halogens is 2. The first-order valence-electron chi connectivity index (χ1n) is 11.9. The van der Waals surface area contributed by atoms with Gasteiger partial charge in [0.25, 0.3) is 5.91 Å². The Labute approximate surface area is 218 Å². The fourth-order valence-electron chi connectivity index (χ4n) is 5.59. The highest BCUT2D eigenvalue weighted by molar-refractivity contribution is 6.42. The molecule has 3 aromatic rings. The molecule has 1 amide bonds. The number of piperidine rings is 1. The fourth-order valence-corrected chi connectivity index (χ4v) is 5.92. The molecule has 0 N–H and O–H groups in total. The van der Waals surface area contributed by atoms with Crippen molar-refractivity contribution in [2.24, 2.45) is 7.05 Å². The van der Waals surface area contributed by atoms with E-state index >= 15 is 0 Å². The molecule has 0 unspecified atom stereocenters. The van der Waals surface area contributed by atoms with Crippen molar-refractivity contribution in [3.63, 3.8) is 0 Å². The second-order valence-electron chi connectivity index (χ2n) is 11.0. The first-order valence-corrected chi connectivity index (χ1v) is 12.7. The normalized spacial score (nSPS) is 18.1. The van der Waals surface area contributed by atoms with Gasteiger partial charge in [-0.05, 0) is 84.0 Å². The van der Waals surface area contributed by atoms with Gasteiger partial charge in [-0.3, -0.25) is 9.69 Å². The first kappa shape index (κ1) is 25.9. The largest absolute Gasteiger partial charge is 0.496 e. The van der Waals surface area contributed by atoms with Gasteiger partial charge in [-0.2, -0.15) is 0 Å². The molecule has 1 aromatic heterocycles. The van der Waals surface area contributed by atoms with E-state index in [0.29, 0.717) is 21.4 Å². The van der Waals surface area contributed by atoms with Gasteiger partial charge >= 0.3 is 0 Å². The zero-order valence-electron chi connectivity index (χ0n) is 21.9. The van der Waals surface area contributed by atoms with E-state index in [4.69, 9.17) is 27.9 Å². The summed E-state index contributed by atoms with van der Waals surface area (Å²) in [5.41, 5.74) is 3.46. The molecule has 0 saturated carbocycles. The van der Waals surface area contributed by atoms with Gasteiger partial charge in [0.1, 0.15) is 5.75 Å². The number of ether oxygens (including phenoxy) is 1. The SMILES string of the molecule is COc1cc(C(=O)N(C)C2CC(C)(C)N(C)C(C)(C)C2)ccc1-c1cc2cc(Cl)c(Cl)cc2n1C. The maximum atomic E-state index is 13.6. The van der Waals surface area contributed by atoms with Crippen LogP contribution < -0.4 is 4.74 Å². The summed E-state index contributed by atoms with van der Waals surface area (Å²) in [7, 11) is 7.71. The highest BCUT2D eigenvalue weighted by Crippen LogP contribution is 2.40. The van der Waals surface area contributed by atoms with Crippen molar-refractivity contribution in [3.8, 4) is 17.0 Å². The predicted octanol–water partition coefficient (Wildman–Crippen LogP) is 6.88. The number of carbonyl (C=O) groups excluding carboxylic acids is 1. The fraction of sp³-hybridized carbons (Fsp3) is 0.464. The Morgan fingerprint density at radius 3 is 2.20 bits per heavy atom. The summed E-state index contributed by atoms with van der Waals surface area (Å²) in [6.07, 6.45) is 1.84. The number of amides is 1. The van der Waals surface area contributed by atoms with Gasteiger partial charge in [0.15, 0.2) is 0 Å². The van der Waals surface area contributed by atoms with Gasteiger partial charge in [0.2, 0.25) is 0 Å². The van der Waals surface area contributed by atoms with Gasteiger partial charge in [-0.25, -0.2) is 0 Å². The Balaban J connectivity index is 1.67. The number of benzene rings is 2. The van der Waals surface area contributed by atoms with E-state index in [1.807, 2.05) is 49.3 Å². The number of carbonyl (C=O) groups is 1. The lowest BCUT2D eigenvalue weighted by atomic mass is 9.77. The molecule has 0 aliphatic carbocycles. The third kappa shape index (κ3) is 4.54. The van der Waals surface area contributed by atoms with Crippen LogP contribution in [-0.2, 0) is 7.05 Å². The number of methoxy groups -OCH3 is 1. The summed E-state index contributed by atoms with van der Waals surface area (Å²) in [5, 5.41) is 2.03. The van der Waals surface area contributed by atoms with Crippen LogP contribution in [0.4, 0.5) is 0 Å². The number of fused-ring (bicyclic) bond motifs is 1. The maximum absolute atomic E-state index is 13.6. The summed E-state index contributed by atoms with van der Waals surface area (Å²) in [6.45, 7) is 9.00. The molecule has 2 aromatic carbocycles. The molecule has 0 bridgehead atoms. The standard InChI is InChI=1S/C28H35Cl2N3O2/c1-27(2)15-19(16-28(3,4)33(27)7)31(5)26(34)17-9-10-20(25(13-17)35-8)24-12-18-11-21(29)22(30)14-23(18)32(24)6/h9-14,19H,15-16H2,1-8H3. The van der Waals surface area contributed by atoms with Crippen LogP contribution in [0.15, 0.2) is 36.4 Å². The molecule has 5 nitrogen and oxygen atoms in total. The minimum atomic E-state index is 0.00281. The Morgan fingerprint density at radius 2 is 1.60 bits per heavy atom. The monoisotopic (exact) mass is 515 g/mol. The summed E-state index contributed by atoms with van der Waals surface area (Å²) in [4.78, 5) is 17.9. The molecule has 1 aliphatic rings. The number of rotatable bonds is 4. The molecule has 0 radical (unpaired) electrons. The van der Waals surface area contributed by atoms with Crippen LogP contribution in [0.3, 0.4) is 0 Å². The van der Waals surface area contributed by atoms with Crippen LogP contribution in [-0.4, -0.2) is 58.6 Å². The number of nitrogens with zero attached hydrogens (tertiary/aromatic N) is 3. The van der Waals surface area contributed by atoms with Gasteiger partial charge in [-0.15, -0.1) is 0 Å². The van der Waals surface area contributed by atoms with E-state index in [1.165, 1.54) is 0 Å². The van der Waals surface area contributed by atoms with Crippen molar-refractivity contribution >= 4 is 40.0 Å². The van der Waals surface area contributed by atoms with Crippen molar-refractivity contribution in [2.45, 2.75) is 57.7 Å². The number of hydrogen-bond acceptors (Lipinski definition) is 3. The molecule has 1 aliphatic heterocycles. The number of hydrogen-bond donors (Lipinski definition) is 0. The third-order valence-electron chi connectivity index (χ3n) is 7.96. The highest BCUT2D eigenvalue weighted by Gasteiger charge is 2.45. The van der Waals surface area contributed by atoms with E-state index in [0.717, 1.165) is 35.0 Å². The van der Waals surface area contributed by atoms with E-state index < -0.39 is 0 Å². The lowest BCUT2D eigenvalue weighted by molar-refractivity contribution is -0.0376. The summed E-state index contributed by atoms with van der Waals surface area (Å²) < 4.78 is 7.81. The quantitative estimate of drug-likeness (QED) is 0.379. The van der Waals surface area contributed by atoms with Crippen LogP contribution >= 0.6 is 23.2 Å². The first-order chi connectivity index (χ1) is 16.3. The van der Waals surface area contributed by atoms with Crippen LogP contribution in [0.2, 0.25) is 10.0 Å². The molecule has 2 heterocycles. The lowest BCUT2D eigenvalue weighted by Crippen LogP contribution is -2.62. The van der Waals surface area contributed by atoms with Crippen molar-refractivity contribution in [2.75, 3.05) is 21.2 Å². The van der Waals surface area contributed by atoms with Crippen molar-refractivity contribution in [1.29, 1.82) is 0 Å². The minimum Gasteiger partial charge on any atom is -0.496 e. The summed E-state index contributed by atoms with van der Waals surface area (Å²) in [5.74, 6) is 0.656. The second kappa shape index (κ2) is 9.02. The van der Waals surface area contributed by atoms with Gasteiger partial charge in [-0.1, -0.05) is 23.2 Å². The molecule has 188 valence electrons. The predicted molar refractivity (Wildman–Crippen MR) is 146 cm³/mol. The van der Waals surface area contributed by atoms with E-state index in [1.54, 1.807) is 7.11 Å². The Kier molecular flexibility index (Phi) is 6.67. The van der Waals surface area contributed by atoms with Crippen LogP contribution in [0.5, 0.6) is 5.75 Å². The van der Waals surface area contributed by atoms with Gasteiger partial charge in [0, 0.05) is 53.2 Å². The molecular formula is C28H35Cl2N3O2. The highest BCUT2D eigenvalue weighted by atomic mass is 35.5. The average Bonchev–Trinajstić information content (AvgIpc) is 3.10. The molecule has 0 atom stereocenters. The molecular weight excluding hydrogens is 481 g/mol. The van der Waals surface area contributed by atoms with E-state index in [2.05, 4.69) is 50.3 Å². The average molecular weight is 517 g/mol. The van der Waals surface area contributed by atoms with Gasteiger partial charge < -0.3 is 14.2 Å². The van der Waals surface area contributed by atoms with Crippen LogP contribution in [0.1, 0.15) is 50.9 Å². The van der Waals surface area contributed by atoms with E-state index in [-0.39, 0.29) is 23.0 Å². The Morgan fingerprint density at radius 1 is 1.00 bits per heavy atom. The molecule has 4 rings (SSSR count). The van der Waals surface area contributed by atoms with Crippen molar-refractivity contribution in [1.82, 2.24) is 14.4 Å². The molecule has 1 fully saturated rings. The minimum absolute atomic E-state index is 0.00281. The van der Waals surface area contributed by atoms with Crippen molar-refractivity contribution in [3.05, 3.63) is 52.0 Å². The van der Waals surface area contributed by atoms with Gasteiger partial charge in [0.05, 0.1) is 22.8 Å². The third-order valence-corrected chi connectivity index (χ3v) is 8.69. The Bertz CT molecular complexity index is 1280. The zero-order valence-corrected chi connectivity index (χ0v) is 23.4. The summed E-state index contributed by atoms with van der Waals surface area (Å²) >= 11 is 12.5. The molecule has 1 saturated heterocycles. The lowest BCUT2D eigenvalue weighted by Gasteiger charge is -2.55. The molecule has 0 spiro atoms. The van der Waals surface area contributed by atoms with Crippen LogP contribution in [0, 0.1) is 0 Å². The smallest absolute Gasteiger partial charge is 0.253 e. The number of aromatic nitrogens is 1. The van der Waals surface area contributed by atoms with Crippen LogP contribution in [0.25, 0.3) is 22.2 Å². The zero-order chi connectivity index (χ0) is 25.9. The Hall–Kier alpha value is -2.21. The number of aryl methyl sites for hydroxylation is 1. The second-order valence-corrected chi connectivity index (χ2v) is 11.8. The summed E-state index contributed by atoms with van der Waals surface area (Å²) in [6, 6.07) is 11.6. The molecule has 7 heteroatoms. The molecule has 35 heavy (non-hydrogen) atoms.